The number of piperidine rings is 1. The summed E-state index contributed by atoms with van der Waals surface area (Å²) in [4.78, 5) is 2.72. The van der Waals surface area contributed by atoms with Crippen molar-refractivity contribution in [2.75, 3.05) is 13.1 Å². The Kier molecular flexibility index (Phi) is 4.56. The van der Waals surface area contributed by atoms with Gasteiger partial charge in [0.1, 0.15) is 16.9 Å². The number of hydrogen-bond acceptors (Lipinski definition) is 5. The molecule has 1 saturated carbocycles. The average molecular weight is 540 g/mol. The predicted octanol–water partition coefficient (Wildman–Crippen LogP) is 6.72. The first-order valence-corrected chi connectivity index (χ1v) is 14.6. The van der Waals surface area contributed by atoms with Gasteiger partial charge in [-0.3, -0.25) is 4.90 Å². The van der Waals surface area contributed by atoms with Crippen molar-refractivity contribution >= 4 is 22.6 Å². The van der Waals surface area contributed by atoms with Gasteiger partial charge in [-0.25, -0.2) is 0 Å². The minimum atomic E-state index is -0.543. The number of hydrogen-bond donors (Lipinski definition) is 1. The summed E-state index contributed by atoms with van der Waals surface area (Å²) in [6.45, 7) is 2.58. The summed E-state index contributed by atoms with van der Waals surface area (Å²) in [7, 11) is 0. The summed E-state index contributed by atoms with van der Waals surface area (Å²) in [6.07, 6.45) is 4.83. The molecule has 9 rings (SSSR count). The number of phenols is 1. The molecule has 1 aromatic heterocycles. The van der Waals surface area contributed by atoms with E-state index < -0.39 is 11.0 Å². The Morgan fingerprint density at radius 1 is 1.08 bits per heavy atom. The maximum Gasteiger partial charge on any atom is 0.169 e. The van der Waals surface area contributed by atoms with Gasteiger partial charge in [-0.05, 0) is 73.5 Å². The van der Waals surface area contributed by atoms with Crippen LogP contribution in [0.1, 0.15) is 53.4 Å². The molecule has 1 spiro atoms. The van der Waals surface area contributed by atoms with Gasteiger partial charge in [-0.1, -0.05) is 48.0 Å². The molecule has 198 valence electrons. The van der Waals surface area contributed by atoms with E-state index in [0.29, 0.717) is 12.4 Å². The highest BCUT2D eigenvalue weighted by Gasteiger charge is 2.74. The Bertz CT molecular complexity index is 1660. The van der Waals surface area contributed by atoms with Crippen molar-refractivity contribution in [1.29, 1.82) is 0 Å². The lowest BCUT2D eigenvalue weighted by Crippen LogP contribution is -2.75. The molecule has 1 saturated heterocycles. The third-order valence-electron chi connectivity index (χ3n) is 10.3. The molecule has 39 heavy (non-hydrogen) atoms. The van der Waals surface area contributed by atoms with Crippen LogP contribution in [0.25, 0.3) is 11.0 Å². The number of nitrogens with zero attached hydrogens (tertiary/aromatic N) is 1. The van der Waals surface area contributed by atoms with Crippen LogP contribution in [-0.2, 0) is 29.6 Å². The van der Waals surface area contributed by atoms with Crippen molar-refractivity contribution in [3.63, 3.8) is 0 Å². The summed E-state index contributed by atoms with van der Waals surface area (Å²) in [5, 5.41) is 12.9. The predicted molar refractivity (Wildman–Crippen MR) is 148 cm³/mol. The lowest BCUT2D eigenvalue weighted by atomic mass is 9.49. The van der Waals surface area contributed by atoms with Crippen LogP contribution in [0.15, 0.2) is 65.1 Å². The van der Waals surface area contributed by atoms with Crippen molar-refractivity contribution in [1.82, 2.24) is 4.90 Å². The normalized spacial score (nSPS) is 30.2. The van der Waals surface area contributed by atoms with E-state index in [1.165, 1.54) is 24.0 Å². The number of phenolic OH excluding ortho intramolecular Hbond substituents is 1. The van der Waals surface area contributed by atoms with E-state index in [2.05, 4.69) is 29.2 Å². The van der Waals surface area contributed by atoms with E-state index >= 15 is 0 Å². The number of halogens is 1. The van der Waals surface area contributed by atoms with Crippen molar-refractivity contribution in [3.05, 3.63) is 93.7 Å². The van der Waals surface area contributed by atoms with Crippen LogP contribution in [0.4, 0.5) is 0 Å². The molecule has 4 atom stereocenters. The first-order valence-electron chi connectivity index (χ1n) is 14.2. The lowest BCUT2D eigenvalue weighted by molar-refractivity contribution is -0.212. The first-order chi connectivity index (χ1) is 19.1. The van der Waals surface area contributed by atoms with E-state index in [-0.39, 0.29) is 17.9 Å². The minimum Gasteiger partial charge on any atom is -0.504 e. The smallest absolute Gasteiger partial charge is 0.169 e. The van der Waals surface area contributed by atoms with Gasteiger partial charge in [-0.2, -0.15) is 0 Å². The van der Waals surface area contributed by atoms with Gasteiger partial charge >= 0.3 is 0 Å². The van der Waals surface area contributed by atoms with Crippen molar-refractivity contribution in [2.45, 2.75) is 61.9 Å². The standard InChI is InChI=1S/C33H30ClNO4/c34-22-5-3-4-20(14-22)18-37-33-16-24-23-6-1-2-7-26(23)38-29(24)31-32(33)12-13-35(17-19-8-9-19)27(33)15-21-10-11-25(36)30(39-31)28(21)32/h1-7,10-11,14,19,27,31,36H,8-9,12-13,15-18H2/t27-,31+,32+,33-/m1/s1. The van der Waals surface area contributed by atoms with E-state index in [1.54, 1.807) is 0 Å². The Hall–Kier alpha value is -2.99. The highest BCUT2D eigenvalue weighted by molar-refractivity contribution is 6.30. The number of para-hydroxylation sites is 1. The second-order valence-corrected chi connectivity index (χ2v) is 12.7. The molecule has 2 aliphatic heterocycles. The second kappa shape index (κ2) is 7.81. The zero-order valence-corrected chi connectivity index (χ0v) is 22.4. The van der Waals surface area contributed by atoms with Gasteiger partial charge in [0, 0.05) is 40.5 Å². The summed E-state index contributed by atoms with van der Waals surface area (Å²) in [5.74, 6) is 2.51. The monoisotopic (exact) mass is 539 g/mol. The summed E-state index contributed by atoms with van der Waals surface area (Å²) < 4.78 is 20.8. The van der Waals surface area contributed by atoms with Crippen LogP contribution < -0.4 is 4.74 Å². The molecule has 3 heterocycles. The molecular formula is C33H30ClNO4. The fraction of sp³-hybridized carbons (Fsp3) is 0.394. The van der Waals surface area contributed by atoms with E-state index in [4.69, 9.17) is 25.5 Å². The maximum absolute atomic E-state index is 11.1. The zero-order chi connectivity index (χ0) is 25.9. The number of rotatable bonds is 5. The number of likely N-dealkylation sites (tertiary alicyclic amines) is 1. The van der Waals surface area contributed by atoms with Crippen LogP contribution in [0.5, 0.6) is 11.5 Å². The number of benzene rings is 3. The summed E-state index contributed by atoms with van der Waals surface area (Å²) in [6, 6.07) is 20.4. The van der Waals surface area contributed by atoms with Crippen molar-refractivity contribution < 1.29 is 19.0 Å². The quantitative estimate of drug-likeness (QED) is 0.305. The molecule has 0 unspecified atom stereocenters. The van der Waals surface area contributed by atoms with Gasteiger partial charge in [0.2, 0.25) is 0 Å². The molecule has 2 bridgehead atoms. The van der Waals surface area contributed by atoms with Crippen molar-refractivity contribution in [3.8, 4) is 11.5 Å². The molecule has 3 aromatic carbocycles. The Morgan fingerprint density at radius 3 is 2.85 bits per heavy atom. The minimum absolute atomic E-state index is 0.196. The highest BCUT2D eigenvalue weighted by Crippen LogP contribution is 2.70. The SMILES string of the molecule is Oc1ccc2c3c1O[C@H]1c4oc5ccccc5c4C[C@@]4(OCc5cccc(Cl)c5)[C@@H](C2)N(CC2CC2)CC[C@]314. The van der Waals surface area contributed by atoms with Crippen LogP contribution in [0.2, 0.25) is 5.02 Å². The number of ether oxygens (including phenoxy) is 2. The van der Waals surface area contributed by atoms with E-state index in [0.717, 1.165) is 71.1 Å². The number of aromatic hydroxyl groups is 1. The highest BCUT2D eigenvalue weighted by atomic mass is 35.5. The topological polar surface area (TPSA) is 55.1 Å². The molecule has 3 aliphatic carbocycles. The largest absolute Gasteiger partial charge is 0.504 e. The lowest BCUT2D eigenvalue weighted by Gasteiger charge is -2.64. The molecular weight excluding hydrogens is 510 g/mol. The fourth-order valence-electron chi connectivity index (χ4n) is 8.50. The van der Waals surface area contributed by atoms with Gasteiger partial charge in [-0.15, -0.1) is 0 Å². The van der Waals surface area contributed by atoms with Gasteiger partial charge < -0.3 is 19.0 Å². The van der Waals surface area contributed by atoms with Crippen molar-refractivity contribution in [2.24, 2.45) is 5.92 Å². The van der Waals surface area contributed by atoms with Gasteiger partial charge in [0.05, 0.1) is 12.0 Å². The number of fused-ring (bicyclic) bond motifs is 4. The molecule has 0 amide bonds. The first kappa shape index (κ1) is 22.8. The molecule has 5 aliphatic rings. The second-order valence-electron chi connectivity index (χ2n) is 12.3. The molecule has 4 aromatic rings. The van der Waals surface area contributed by atoms with Crippen LogP contribution in [0, 0.1) is 5.92 Å². The molecule has 1 N–H and O–H groups in total. The molecule has 2 fully saturated rings. The van der Waals surface area contributed by atoms with Crippen LogP contribution in [0.3, 0.4) is 0 Å². The van der Waals surface area contributed by atoms with E-state index in [1.807, 2.05) is 36.4 Å². The summed E-state index contributed by atoms with van der Waals surface area (Å²) >= 11 is 6.39. The third-order valence-corrected chi connectivity index (χ3v) is 10.5. The third kappa shape index (κ3) is 2.93. The van der Waals surface area contributed by atoms with E-state index in [9.17, 15) is 5.11 Å². The Labute approximate surface area is 232 Å². The maximum atomic E-state index is 11.1. The molecule has 0 radical (unpaired) electrons. The van der Waals surface area contributed by atoms with Crippen LogP contribution >= 0.6 is 11.6 Å². The van der Waals surface area contributed by atoms with Gasteiger partial charge in [0.15, 0.2) is 17.6 Å². The Morgan fingerprint density at radius 2 is 1.97 bits per heavy atom. The average Bonchev–Trinajstić information content (AvgIpc) is 3.58. The zero-order valence-electron chi connectivity index (χ0n) is 21.7. The summed E-state index contributed by atoms with van der Waals surface area (Å²) in [5.41, 5.74) is 4.57. The number of furan rings is 1. The molecule has 5 nitrogen and oxygen atoms in total. The molecule has 6 heteroatoms. The van der Waals surface area contributed by atoms with Gasteiger partial charge in [0.25, 0.3) is 0 Å². The van der Waals surface area contributed by atoms with Crippen LogP contribution in [-0.4, -0.2) is 34.7 Å². The fourth-order valence-corrected chi connectivity index (χ4v) is 8.72. The Balaban J connectivity index is 1.30.